The van der Waals surface area contributed by atoms with Gasteiger partial charge in [-0.15, -0.1) is 0 Å². The fourth-order valence-electron chi connectivity index (χ4n) is 4.13. The lowest BCUT2D eigenvalue weighted by Crippen LogP contribution is -2.42. The molecule has 2 N–H and O–H groups in total. The number of carbonyl (C=O) groups is 1. The number of hydrogen-bond donors (Lipinski definition) is 2. The Hall–Kier alpha value is -2.67. The fraction of sp³-hybridized carbons (Fsp3) is 0.450. The lowest BCUT2D eigenvalue weighted by atomic mass is 10.1. The maximum absolute atomic E-state index is 12.5. The molecule has 4 rings (SSSR count). The van der Waals surface area contributed by atoms with Gasteiger partial charge in [0, 0.05) is 25.4 Å². The Kier molecular flexibility index (Phi) is 4.70. The Balaban J connectivity index is 1.37. The molecule has 27 heavy (non-hydrogen) atoms. The summed E-state index contributed by atoms with van der Waals surface area (Å²) >= 11 is 0. The lowest BCUT2D eigenvalue weighted by molar-refractivity contribution is -0.122. The van der Waals surface area contributed by atoms with Crippen molar-refractivity contribution in [1.82, 2.24) is 24.4 Å². The zero-order valence-electron chi connectivity index (χ0n) is 15.7. The van der Waals surface area contributed by atoms with Crippen molar-refractivity contribution in [1.29, 1.82) is 0 Å². The number of carbonyl (C=O) groups excluding carboxylic acids is 1. The number of aromatic nitrogens is 4. The molecule has 3 atom stereocenters. The van der Waals surface area contributed by atoms with Crippen molar-refractivity contribution in [2.75, 3.05) is 0 Å². The summed E-state index contributed by atoms with van der Waals surface area (Å²) in [5.41, 5.74) is 1.99. The van der Waals surface area contributed by atoms with E-state index in [1.807, 2.05) is 48.9 Å². The highest BCUT2D eigenvalue weighted by Gasteiger charge is 2.37. The third kappa shape index (κ3) is 3.35. The Morgan fingerprint density at radius 3 is 2.85 bits per heavy atom. The van der Waals surface area contributed by atoms with Crippen LogP contribution < -0.4 is 5.32 Å². The highest BCUT2D eigenvalue weighted by molar-refractivity contribution is 5.78. The molecule has 0 aliphatic heterocycles. The molecular weight excluding hydrogens is 342 g/mol. The van der Waals surface area contributed by atoms with Crippen LogP contribution in [0.25, 0.3) is 11.0 Å². The van der Waals surface area contributed by atoms with E-state index in [0.29, 0.717) is 13.0 Å². The summed E-state index contributed by atoms with van der Waals surface area (Å²) in [6.07, 6.45) is 4.99. The Morgan fingerprint density at radius 1 is 1.26 bits per heavy atom. The summed E-state index contributed by atoms with van der Waals surface area (Å²) in [6.45, 7) is 4.46. The van der Waals surface area contributed by atoms with Crippen LogP contribution in [0.15, 0.2) is 36.7 Å². The average molecular weight is 367 g/mol. The molecule has 7 heteroatoms. The first-order chi connectivity index (χ1) is 13.0. The van der Waals surface area contributed by atoms with Crippen LogP contribution in [-0.4, -0.2) is 42.3 Å². The first-order valence-corrected chi connectivity index (χ1v) is 9.43. The van der Waals surface area contributed by atoms with Crippen LogP contribution in [0.5, 0.6) is 0 Å². The molecule has 0 spiro atoms. The highest BCUT2D eigenvalue weighted by atomic mass is 16.3. The van der Waals surface area contributed by atoms with E-state index >= 15 is 0 Å². The number of nitrogens with zero attached hydrogens (tertiary/aromatic N) is 4. The maximum Gasteiger partial charge on any atom is 0.222 e. The van der Waals surface area contributed by atoms with E-state index in [2.05, 4.69) is 19.9 Å². The van der Waals surface area contributed by atoms with E-state index < -0.39 is 6.10 Å². The van der Waals surface area contributed by atoms with Crippen molar-refractivity contribution < 1.29 is 9.90 Å². The third-order valence-corrected chi connectivity index (χ3v) is 5.55. The first-order valence-electron chi connectivity index (χ1n) is 9.43. The number of para-hydroxylation sites is 2. The van der Waals surface area contributed by atoms with E-state index in [1.54, 1.807) is 6.20 Å². The van der Waals surface area contributed by atoms with Gasteiger partial charge in [-0.3, -0.25) is 4.79 Å². The van der Waals surface area contributed by atoms with E-state index in [4.69, 9.17) is 0 Å². The molecule has 1 saturated carbocycles. The van der Waals surface area contributed by atoms with Gasteiger partial charge >= 0.3 is 0 Å². The summed E-state index contributed by atoms with van der Waals surface area (Å²) in [7, 11) is 0. The van der Waals surface area contributed by atoms with Crippen LogP contribution in [0.2, 0.25) is 0 Å². The van der Waals surface area contributed by atoms with E-state index in [1.165, 1.54) is 0 Å². The summed E-state index contributed by atoms with van der Waals surface area (Å²) in [5.74, 6) is 1.74. The van der Waals surface area contributed by atoms with Gasteiger partial charge in [-0.05, 0) is 38.8 Å². The van der Waals surface area contributed by atoms with Crippen LogP contribution in [-0.2, 0) is 11.3 Å². The minimum Gasteiger partial charge on any atom is -0.389 e. The molecule has 142 valence electrons. The number of fused-ring (bicyclic) bond motifs is 1. The molecule has 0 unspecified atom stereocenters. The van der Waals surface area contributed by atoms with Gasteiger partial charge in [0.1, 0.15) is 11.6 Å². The second-order valence-electron chi connectivity index (χ2n) is 7.24. The molecule has 1 fully saturated rings. The largest absolute Gasteiger partial charge is 0.389 e. The summed E-state index contributed by atoms with van der Waals surface area (Å²) in [6, 6.07) is 7.69. The van der Waals surface area contributed by atoms with Gasteiger partial charge in [0.05, 0.1) is 29.2 Å². The Labute approximate surface area is 158 Å². The first kappa shape index (κ1) is 17.7. The SMILES string of the molecule is Cc1nccn1[C@@H]1CC[C@@H](NC(=O)CCn2c(C)nc3ccccc32)[C@H]1O. The highest BCUT2D eigenvalue weighted by Crippen LogP contribution is 2.31. The van der Waals surface area contributed by atoms with Gasteiger partial charge in [0.15, 0.2) is 0 Å². The van der Waals surface area contributed by atoms with Gasteiger partial charge in [-0.25, -0.2) is 9.97 Å². The van der Waals surface area contributed by atoms with Crippen molar-refractivity contribution in [2.24, 2.45) is 0 Å². The predicted octanol–water partition coefficient (Wildman–Crippen LogP) is 2.12. The number of rotatable bonds is 5. The molecule has 1 aliphatic rings. The van der Waals surface area contributed by atoms with Crippen LogP contribution in [0.3, 0.4) is 0 Å². The van der Waals surface area contributed by atoms with Gasteiger partial charge in [0.25, 0.3) is 0 Å². The smallest absolute Gasteiger partial charge is 0.222 e. The summed E-state index contributed by atoms with van der Waals surface area (Å²) in [5, 5.41) is 13.7. The number of aliphatic hydroxyl groups is 1. The number of benzene rings is 1. The van der Waals surface area contributed by atoms with Crippen molar-refractivity contribution in [3.8, 4) is 0 Å². The molecule has 7 nitrogen and oxygen atoms in total. The Morgan fingerprint density at radius 2 is 2.07 bits per heavy atom. The number of imidazole rings is 2. The van der Waals surface area contributed by atoms with Crippen LogP contribution in [0.1, 0.15) is 37.0 Å². The second-order valence-corrected chi connectivity index (χ2v) is 7.24. The number of aliphatic hydroxyl groups excluding tert-OH is 1. The maximum atomic E-state index is 12.5. The summed E-state index contributed by atoms with van der Waals surface area (Å²) < 4.78 is 4.06. The van der Waals surface area contributed by atoms with Gasteiger partial charge in [-0.2, -0.15) is 0 Å². The van der Waals surface area contributed by atoms with Gasteiger partial charge in [0.2, 0.25) is 5.91 Å². The topological polar surface area (TPSA) is 85.0 Å². The normalized spacial score (nSPS) is 22.4. The monoisotopic (exact) mass is 367 g/mol. The zero-order valence-corrected chi connectivity index (χ0v) is 15.7. The molecule has 2 aromatic heterocycles. The number of aryl methyl sites for hydroxylation is 3. The minimum absolute atomic E-state index is 0.0300. The third-order valence-electron chi connectivity index (χ3n) is 5.55. The average Bonchev–Trinajstić information content (AvgIpc) is 3.31. The quantitative estimate of drug-likeness (QED) is 0.723. The lowest BCUT2D eigenvalue weighted by Gasteiger charge is -2.22. The molecular formula is C20H25N5O2. The number of amides is 1. The van der Waals surface area contributed by atoms with Crippen LogP contribution in [0, 0.1) is 13.8 Å². The molecule has 1 aromatic carbocycles. The summed E-state index contributed by atoms with van der Waals surface area (Å²) in [4.78, 5) is 21.2. The molecule has 0 saturated heterocycles. The Bertz CT molecular complexity index is 960. The molecule has 0 radical (unpaired) electrons. The molecule has 0 bridgehead atoms. The minimum atomic E-state index is -0.599. The predicted molar refractivity (Wildman–Crippen MR) is 102 cm³/mol. The fourth-order valence-corrected chi connectivity index (χ4v) is 4.13. The number of nitrogens with one attached hydrogen (secondary N) is 1. The van der Waals surface area contributed by atoms with Crippen molar-refractivity contribution in [2.45, 2.75) is 57.8 Å². The van der Waals surface area contributed by atoms with Crippen molar-refractivity contribution in [3.63, 3.8) is 0 Å². The van der Waals surface area contributed by atoms with Gasteiger partial charge in [-0.1, -0.05) is 12.1 Å². The molecule has 1 amide bonds. The van der Waals surface area contributed by atoms with E-state index in [0.717, 1.165) is 35.5 Å². The molecule has 1 aliphatic carbocycles. The number of hydrogen-bond acceptors (Lipinski definition) is 4. The van der Waals surface area contributed by atoms with Crippen molar-refractivity contribution in [3.05, 3.63) is 48.3 Å². The van der Waals surface area contributed by atoms with E-state index in [9.17, 15) is 9.90 Å². The standard InChI is InChI=1S/C20H25N5O2/c1-13-21-10-12-25(13)18-8-7-16(20(18)27)23-19(26)9-11-24-14(2)22-15-5-3-4-6-17(15)24/h3-6,10,12,16,18,20,27H,7-9,11H2,1-2H3,(H,23,26)/t16-,18-,20-/m1/s1. The second kappa shape index (κ2) is 7.15. The van der Waals surface area contributed by atoms with Crippen LogP contribution in [0.4, 0.5) is 0 Å². The van der Waals surface area contributed by atoms with Crippen LogP contribution >= 0.6 is 0 Å². The molecule has 3 aromatic rings. The van der Waals surface area contributed by atoms with E-state index in [-0.39, 0.29) is 18.0 Å². The zero-order chi connectivity index (χ0) is 19.0. The van der Waals surface area contributed by atoms with Gasteiger partial charge < -0.3 is 19.6 Å². The molecule has 2 heterocycles. The van der Waals surface area contributed by atoms with Crippen molar-refractivity contribution >= 4 is 16.9 Å².